The molecule has 2 aliphatic heterocycles. The van der Waals surface area contributed by atoms with Crippen molar-refractivity contribution in [3.63, 3.8) is 0 Å². The van der Waals surface area contributed by atoms with Crippen LogP contribution in [0, 0.1) is 0 Å². The van der Waals surface area contributed by atoms with Crippen LogP contribution in [0.3, 0.4) is 0 Å². The zero-order valence-electron chi connectivity index (χ0n) is 14.3. The van der Waals surface area contributed by atoms with Gasteiger partial charge < -0.3 is 9.80 Å². The van der Waals surface area contributed by atoms with Gasteiger partial charge in [-0.25, -0.2) is 4.79 Å². The Morgan fingerprint density at radius 3 is 2.80 bits per heavy atom. The van der Waals surface area contributed by atoms with E-state index in [1.54, 1.807) is 7.05 Å². The van der Waals surface area contributed by atoms with E-state index in [4.69, 9.17) is 11.6 Å². The lowest BCUT2D eigenvalue weighted by molar-refractivity contribution is -0.133. The van der Waals surface area contributed by atoms with E-state index in [0.29, 0.717) is 24.4 Å². The molecule has 134 valence electrons. The summed E-state index contributed by atoms with van der Waals surface area (Å²) in [6, 6.07) is 7.42. The molecule has 2 aliphatic rings. The predicted molar refractivity (Wildman–Crippen MR) is 94.1 cm³/mol. The monoisotopic (exact) mass is 363 g/mol. The molecular weight excluding hydrogens is 342 g/mol. The van der Waals surface area contributed by atoms with Gasteiger partial charge in [-0.3, -0.25) is 14.5 Å². The number of hydrogen-bond acceptors (Lipinski definition) is 3. The molecule has 2 heterocycles. The first-order valence-corrected chi connectivity index (χ1v) is 8.95. The molecule has 0 aromatic heterocycles. The van der Waals surface area contributed by atoms with Gasteiger partial charge in [0.05, 0.1) is 6.04 Å². The van der Waals surface area contributed by atoms with Crippen LogP contribution in [0.2, 0.25) is 5.02 Å². The Kier molecular flexibility index (Phi) is 5.27. The minimum absolute atomic E-state index is 0.0624. The van der Waals surface area contributed by atoms with E-state index in [-0.39, 0.29) is 30.4 Å². The van der Waals surface area contributed by atoms with Crippen LogP contribution in [0.1, 0.15) is 37.3 Å². The molecule has 1 aromatic carbocycles. The van der Waals surface area contributed by atoms with Crippen molar-refractivity contribution in [3.05, 3.63) is 34.9 Å². The fourth-order valence-corrected chi connectivity index (χ4v) is 3.75. The molecule has 0 N–H and O–H groups in total. The van der Waals surface area contributed by atoms with E-state index in [0.717, 1.165) is 24.9 Å². The molecule has 6 nitrogen and oxygen atoms in total. The van der Waals surface area contributed by atoms with E-state index in [1.165, 1.54) is 9.80 Å². The number of likely N-dealkylation sites (N-methyl/N-ethyl adjacent to an activating group) is 1. The third kappa shape index (κ3) is 3.79. The maximum absolute atomic E-state index is 12.6. The Morgan fingerprint density at radius 1 is 1.32 bits per heavy atom. The molecule has 4 amide bonds. The molecule has 0 radical (unpaired) electrons. The smallest absolute Gasteiger partial charge is 0.326 e. The molecule has 1 atom stereocenters. The lowest BCUT2D eigenvalue weighted by Gasteiger charge is -2.25. The first kappa shape index (κ1) is 17.7. The van der Waals surface area contributed by atoms with Crippen LogP contribution < -0.4 is 0 Å². The molecule has 1 unspecified atom stereocenters. The highest BCUT2D eigenvalue weighted by molar-refractivity contribution is 6.30. The largest absolute Gasteiger partial charge is 0.336 e. The Bertz CT molecular complexity index is 694. The highest BCUT2D eigenvalue weighted by Gasteiger charge is 2.34. The van der Waals surface area contributed by atoms with E-state index in [1.807, 2.05) is 29.2 Å². The summed E-state index contributed by atoms with van der Waals surface area (Å²) in [5.74, 6) is -0.132. The van der Waals surface area contributed by atoms with Crippen LogP contribution in [0.5, 0.6) is 0 Å². The Morgan fingerprint density at radius 2 is 2.12 bits per heavy atom. The number of hydrogen-bond donors (Lipinski definition) is 0. The number of likely N-dealkylation sites (tertiary alicyclic amines) is 1. The maximum Gasteiger partial charge on any atom is 0.326 e. The zero-order valence-corrected chi connectivity index (χ0v) is 15.0. The number of carbonyl (C=O) groups excluding carboxylic acids is 3. The van der Waals surface area contributed by atoms with Crippen molar-refractivity contribution in [3.8, 4) is 0 Å². The SMILES string of the molecule is CN1CC(=O)N(CCCC(=O)N2CCCC2c2cccc(Cl)c2)C1=O. The first-order valence-electron chi connectivity index (χ1n) is 8.58. The molecule has 0 spiro atoms. The van der Waals surface area contributed by atoms with Crippen LogP contribution in [-0.2, 0) is 9.59 Å². The number of imide groups is 1. The third-order valence-corrected chi connectivity index (χ3v) is 5.04. The summed E-state index contributed by atoms with van der Waals surface area (Å²) in [6.07, 6.45) is 2.72. The number of urea groups is 1. The summed E-state index contributed by atoms with van der Waals surface area (Å²) in [4.78, 5) is 40.7. The standard InChI is InChI=1S/C18H22ClN3O3/c1-20-12-17(24)22(18(20)25)10-4-8-16(23)21-9-3-7-15(21)13-5-2-6-14(19)11-13/h2,5-6,11,15H,3-4,7-10,12H2,1H3. The fraction of sp³-hybridized carbons (Fsp3) is 0.500. The van der Waals surface area contributed by atoms with Crippen molar-refractivity contribution >= 4 is 29.4 Å². The summed E-state index contributed by atoms with van der Waals surface area (Å²) in [7, 11) is 1.60. The van der Waals surface area contributed by atoms with Crippen LogP contribution >= 0.6 is 11.6 Å². The molecule has 0 bridgehead atoms. The van der Waals surface area contributed by atoms with Crippen molar-refractivity contribution in [1.82, 2.24) is 14.7 Å². The van der Waals surface area contributed by atoms with Gasteiger partial charge in [0.2, 0.25) is 11.8 Å². The number of benzene rings is 1. The van der Waals surface area contributed by atoms with Crippen LogP contribution in [-0.4, -0.2) is 59.2 Å². The Hall–Kier alpha value is -2.08. The van der Waals surface area contributed by atoms with Gasteiger partial charge in [-0.05, 0) is 37.0 Å². The highest BCUT2D eigenvalue weighted by atomic mass is 35.5. The molecule has 1 aromatic rings. The molecule has 3 rings (SSSR count). The molecule has 0 aliphatic carbocycles. The van der Waals surface area contributed by atoms with E-state index < -0.39 is 0 Å². The van der Waals surface area contributed by atoms with E-state index in [2.05, 4.69) is 0 Å². The minimum atomic E-state index is -0.282. The number of halogens is 1. The van der Waals surface area contributed by atoms with Gasteiger partial charge in [0.25, 0.3) is 0 Å². The van der Waals surface area contributed by atoms with Gasteiger partial charge in [0.15, 0.2) is 0 Å². The second-order valence-electron chi connectivity index (χ2n) is 6.59. The summed E-state index contributed by atoms with van der Waals surface area (Å²) in [5, 5.41) is 0.673. The van der Waals surface area contributed by atoms with Gasteiger partial charge in [-0.15, -0.1) is 0 Å². The van der Waals surface area contributed by atoms with Crippen LogP contribution in [0.15, 0.2) is 24.3 Å². The first-order chi connectivity index (χ1) is 12.0. The number of carbonyl (C=O) groups is 3. The van der Waals surface area contributed by atoms with Crippen molar-refractivity contribution in [2.45, 2.75) is 31.7 Å². The summed E-state index contributed by atoms with van der Waals surface area (Å²) in [6.45, 7) is 1.15. The van der Waals surface area contributed by atoms with Gasteiger partial charge in [0, 0.05) is 31.6 Å². The van der Waals surface area contributed by atoms with E-state index in [9.17, 15) is 14.4 Å². The molecule has 2 fully saturated rings. The second-order valence-corrected chi connectivity index (χ2v) is 7.02. The predicted octanol–water partition coefficient (Wildman–Crippen LogP) is 2.68. The molecule has 25 heavy (non-hydrogen) atoms. The van der Waals surface area contributed by atoms with Gasteiger partial charge in [-0.1, -0.05) is 23.7 Å². The lowest BCUT2D eigenvalue weighted by Crippen LogP contribution is -2.34. The van der Waals surface area contributed by atoms with Crippen LogP contribution in [0.4, 0.5) is 4.79 Å². The quantitative estimate of drug-likeness (QED) is 0.756. The van der Waals surface area contributed by atoms with Gasteiger partial charge >= 0.3 is 6.03 Å². The summed E-state index contributed by atoms with van der Waals surface area (Å²) >= 11 is 6.07. The Balaban J connectivity index is 1.56. The molecule has 7 heteroatoms. The van der Waals surface area contributed by atoms with Crippen molar-refractivity contribution < 1.29 is 14.4 Å². The van der Waals surface area contributed by atoms with E-state index >= 15 is 0 Å². The van der Waals surface area contributed by atoms with Crippen molar-refractivity contribution in [2.24, 2.45) is 0 Å². The summed E-state index contributed by atoms with van der Waals surface area (Å²) < 4.78 is 0. The topological polar surface area (TPSA) is 60.9 Å². The zero-order chi connectivity index (χ0) is 18.0. The maximum atomic E-state index is 12.6. The fourth-order valence-electron chi connectivity index (χ4n) is 3.55. The number of nitrogens with zero attached hydrogens (tertiary/aromatic N) is 3. The van der Waals surface area contributed by atoms with Gasteiger partial charge in [-0.2, -0.15) is 0 Å². The average Bonchev–Trinajstić information content (AvgIpc) is 3.15. The molecule has 2 saturated heterocycles. The van der Waals surface area contributed by atoms with Crippen molar-refractivity contribution in [2.75, 3.05) is 26.7 Å². The third-order valence-electron chi connectivity index (χ3n) is 4.81. The Labute approximate surface area is 152 Å². The highest BCUT2D eigenvalue weighted by Crippen LogP contribution is 2.33. The molecule has 0 saturated carbocycles. The van der Waals surface area contributed by atoms with Gasteiger partial charge in [0.1, 0.15) is 6.54 Å². The summed E-state index contributed by atoms with van der Waals surface area (Å²) in [5.41, 5.74) is 1.06. The normalized spacial score (nSPS) is 20.7. The number of rotatable bonds is 5. The molecular formula is C18H22ClN3O3. The second kappa shape index (κ2) is 7.44. The average molecular weight is 364 g/mol. The lowest BCUT2D eigenvalue weighted by atomic mass is 10.0. The minimum Gasteiger partial charge on any atom is -0.336 e. The van der Waals surface area contributed by atoms with Crippen molar-refractivity contribution in [1.29, 1.82) is 0 Å². The number of amides is 4. The van der Waals surface area contributed by atoms with Crippen LogP contribution in [0.25, 0.3) is 0 Å².